The number of hydrogen-bond acceptors (Lipinski definition) is 11. The standard InChI is InChI=1S/C14H17N9O5S/c1-14(2,11(26)27)28-20-8(7-5-29-12(15)17-7)9(24)16-3-6-4-23(10(6)25)13-18-21-22-19-13/h5-6H,3-4H2,1-2H3,(H2,15,17)(H,16,24)(H,26,27)(H,18,19,21,22). The molecule has 3 rings (SSSR count). The second-order valence-corrected chi connectivity index (χ2v) is 7.39. The molecule has 0 saturated carbocycles. The molecule has 1 fully saturated rings. The molecule has 2 amide bonds. The largest absolute Gasteiger partial charge is 0.478 e. The number of carboxylic acid groups (broad SMARTS) is 1. The number of amides is 2. The molecule has 0 aromatic carbocycles. The van der Waals surface area contributed by atoms with Gasteiger partial charge in [0, 0.05) is 18.5 Å². The molecule has 29 heavy (non-hydrogen) atoms. The molecule has 15 heteroatoms. The van der Waals surface area contributed by atoms with E-state index < -0.39 is 23.4 Å². The van der Waals surface area contributed by atoms with Gasteiger partial charge in [-0.05, 0) is 24.3 Å². The van der Waals surface area contributed by atoms with Crippen LogP contribution in [0.25, 0.3) is 0 Å². The number of aromatic amines is 1. The van der Waals surface area contributed by atoms with E-state index >= 15 is 0 Å². The lowest BCUT2D eigenvalue weighted by molar-refractivity contribution is -0.161. The number of aromatic nitrogens is 5. The Morgan fingerprint density at radius 3 is 2.86 bits per heavy atom. The van der Waals surface area contributed by atoms with E-state index in [1.54, 1.807) is 0 Å². The number of nitrogen functional groups attached to an aromatic ring is 1. The van der Waals surface area contributed by atoms with Crippen LogP contribution in [0.1, 0.15) is 19.5 Å². The number of nitrogens with one attached hydrogen (secondary N) is 2. The smallest absolute Gasteiger partial charge is 0.350 e. The van der Waals surface area contributed by atoms with Gasteiger partial charge in [0.1, 0.15) is 5.69 Å². The van der Waals surface area contributed by atoms with Crippen molar-refractivity contribution >= 4 is 45.9 Å². The van der Waals surface area contributed by atoms with E-state index in [0.717, 1.165) is 11.3 Å². The fourth-order valence-corrected chi connectivity index (χ4v) is 2.75. The van der Waals surface area contributed by atoms with Crippen molar-refractivity contribution in [2.75, 3.05) is 23.7 Å². The number of nitrogens with zero attached hydrogens (tertiary/aromatic N) is 6. The molecule has 1 aliphatic rings. The molecule has 1 unspecified atom stereocenters. The van der Waals surface area contributed by atoms with E-state index in [1.807, 2.05) is 0 Å². The summed E-state index contributed by atoms with van der Waals surface area (Å²) in [6.45, 7) is 2.90. The molecule has 3 heterocycles. The van der Waals surface area contributed by atoms with Gasteiger partial charge in [-0.25, -0.2) is 14.9 Å². The molecule has 1 aliphatic heterocycles. The maximum absolute atomic E-state index is 12.6. The predicted molar refractivity (Wildman–Crippen MR) is 98.9 cm³/mol. The van der Waals surface area contributed by atoms with Gasteiger partial charge < -0.3 is 21.0 Å². The first-order chi connectivity index (χ1) is 13.7. The van der Waals surface area contributed by atoms with Crippen molar-refractivity contribution in [2.24, 2.45) is 11.1 Å². The van der Waals surface area contributed by atoms with Gasteiger partial charge in [0.15, 0.2) is 10.8 Å². The highest BCUT2D eigenvalue weighted by atomic mass is 32.1. The molecule has 154 valence electrons. The van der Waals surface area contributed by atoms with Crippen molar-refractivity contribution in [3.05, 3.63) is 11.1 Å². The van der Waals surface area contributed by atoms with Crippen LogP contribution in [0.2, 0.25) is 0 Å². The fourth-order valence-electron chi connectivity index (χ4n) is 2.21. The summed E-state index contributed by atoms with van der Waals surface area (Å²) in [5.74, 6) is -2.46. The number of β-lactam (4-membered cyclic amide) rings is 1. The van der Waals surface area contributed by atoms with E-state index in [1.165, 1.54) is 24.1 Å². The number of carbonyl (C=O) groups excluding carboxylic acids is 2. The number of tetrazole rings is 1. The lowest BCUT2D eigenvalue weighted by Crippen LogP contribution is -2.57. The molecule has 0 aliphatic carbocycles. The molecule has 0 bridgehead atoms. The quantitative estimate of drug-likeness (QED) is 0.222. The zero-order chi connectivity index (χ0) is 21.2. The van der Waals surface area contributed by atoms with Gasteiger partial charge in [-0.3, -0.25) is 14.5 Å². The Balaban J connectivity index is 1.66. The van der Waals surface area contributed by atoms with Gasteiger partial charge >= 0.3 is 5.97 Å². The number of hydrogen-bond donors (Lipinski definition) is 4. The summed E-state index contributed by atoms with van der Waals surface area (Å²) in [6.07, 6.45) is 0. The van der Waals surface area contributed by atoms with E-state index in [9.17, 15) is 14.4 Å². The Labute approximate surface area is 167 Å². The number of aliphatic carboxylic acids is 1. The summed E-state index contributed by atoms with van der Waals surface area (Å²) in [4.78, 5) is 46.3. The number of nitrogens with two attached hydrogens (primary N) is 1. The van der Waals surface area contributed by atoms with Crippen LogP contribution in [-0.4, -0.2) is 72.9 Å². The van der Waals surface area contributed by atoms with Crippen LogP contribution in [0.15, 0.2) is 10.5 Å². The van der Waals surface area contributed by atoms with Gasteiger partial charge in [0.2, 0.25) is 17.5 Å². The Morgan fingerprint density at radius 1 is 1.55 bits per heavy atom. The number of H-pyrrole nitrogens is 1. The molecule has 14 nitrogen and oxygen atoms in total. The predicted octanol–water partition coefficient (Wildman–Crippen LogP) is -1.40. The summed E-state index contributed by atoms with van der Waals surface area (Å²) in [7, 11) is 0. The lowest BCUT2D eigenvalue weighted by atomic mass is 9.99. The van der Waals surface area contributed by atoms with E-state index in [2.05, 4.69) is 36.1 Å². The third-order valence-electron chi connectivity index (χ3n) is 3.98. The van der Waals surface area contributed by atoms with Crippen LogP contribution in [0.5, 0.6) is 0 Å². The zero-order valence-electron chi connectivity index (χ0n) is 15.3. The first-order valence-corrected chi connectivity index (χ1v) is 9.11. The minimum Gasteiger partial charge on any atom is -0.478 e. The summed E-state index contributed by atoms with van der Waals surface area (Å²) in [6, 6.07) is 0. The molecule has 1 saturated heterocycles. The van der Waals surface area contributed by atoms with Crippen LogP contribution in [0, 0.1) is 5.92 Å². The fraction of sp³-hybridized carbons (Fsp3) is 0.429. The molecule has 0 spiro atoms. The van der Waals surface area contributed by atoms with Gasteiger partial charge in [-0.2, -0.15) is 0 Å². The average molecular weight is 423 g/mol. The molecular weight excluding hydrogens is 406 g/mol. The monoisotopic (exact) mass is 423 g/mol. The van der Waals surface area contributed by atoms with Crippen molar-refractivity contribution in [1.82, 2.24) is 30.9 Å². The summed E-state index contributed by atoms with van der Waals surface area (Å²) >= 11 is 1.08. The highest BCUT2D eigenvalue weighted by molar-refractivity contribution is 7.13. The number of rotatable bonds is 8. The van der Waals surface area contributed by atoms with Crippen molar-refractivity contribution in [1.29, 1.82) is 0 Å². The van der Waals surface area contributed by atoms with E-state index in [4.69, 9.17) is 15.7 Å². The minimum atomic E-state index is -1.66. The second kappa shape index (κ2) is 7.78. The molecular formula is C14H17N9O5S. The molecule has 0 radical (unpaired) electrons. The van der Waals surface area contributed by atoms with Crippen molar-refractivity contribution < 1.29 is 24.3 Å². The van der Waals surface area contributed by atoms with Crippen LogP contribution >= 0.6 is 11.3 Å². The SMILES string of the molecule is CC(C)(ON=C(C(=O)NCC1CN(c2nnn[nH]2)C1=O)c1csc(N)n1)C(=O)O. The topological polar surface area (TPSA) is 202 Å². The number of carboxylic acids is 1. The summed E-state index contributed by atoms with van der Waals surface area (Å²) in [5, 5.41) is 30.0. The van der Waals surface area contributed by atoms with Gasteiger partial charge in [-0.1, -0.05) is 10.3 Å². The van der Waals surface area contributed by atoms with Crippen LogP contribution in [-0.2, 0) is 19.2 Å². The highest BCUT2D eigenvalue weighted by Gasteiger charge is 2.40. The third-order valence-corrected chi connectivity index (χ3v) is 4.65. The number of carbonyl (C=O) groups is 3. The Morgan fingerprint density at radius 2 is 2.31 bits per heavy atom. The van der Waals surface area contributed by atoms with Gasteiger partial charge in [0.05, 0.1) is 5.92 Å². The van der Waals surface area contributed by atoms with Gasteiger partial charge in [0.25, 0.3) is 5.91 Å². The summed E-state index contributed by atoms with van der Waals surface area (Å²) < 4.78 is 0. The molecule has 5 N–H and O–H groups in total. The molecule has 2 aromatic heterocycles. The maximum Gasteiger partial charge on any atom is 0.350 e. The Bertz CT molecular complexity index is 955. The zero-order valence-corrected chi connectivity index (χ0v) is 16.1. The number of thiazole rings is 1. The van der Waals surface area contributed by atoms with Crippen LogP contribution in [0.3, 0.4) is 0 Å². The first-order valence-electron chi connectivity index (χ1n) is 8.23. The van der Waals surface area contributed by atoms with Crippen LogP contribution in [0.4, 0.5) is 11.1 Å². The first kappa shape index (κ1) is 20.1. The Hall–Kier alpha value is -3.62. The third kappa shape index (κ3) is 4.29. The second-order valence-electron chi connectivity index (χ2n) is 6.50. The average Bonchev–Trinajstić information content (AvgIpc) is 3.32. The van der Waals surface area contributed by atoms with Crippen molar-refractivity contribution in [3.8, 4) is 0 Å². The van der Waals surface area contributed by atoms with E-state index in [0.29, 0.717) is 6.54 Å². The molecule has 1 atom stereocenters. The summed E-state index contributed by atoms with van der Waals surface area (Å²) in [5.41, 5.74) is 3.80. The number of anilines is 2. The van der Waals surface area contributed by atoms with Crippen LogP contribution < -0.4 is 16.0 Å². The maximum atomic E-state index is 12.6. The van der Waals surface area contributed by atoms with E-state index in [-0.39, 0.29) is 34.9 Å². The van der Waals surface area contributed by atoms with Gasteiger partial charge in [-0.15, -0.1) is 11.3 Å². The highest BCUT2D eigenvalue weighted by Crippen LogP contribution is 2.21. The number of oxime groups is 1. The van der Waals surface area contributed by atoms with Crippen molar-refractivity contribution in [3.63, 3.8) is 0 Å². The normalized spacial score (nSPS) is 17.0. The minimum absolute atomic E-state index is 0.0245. The lowest BCUT2D eigenvalue weighted by Gasteiger charge is -2.35. The Kier molecular flexibility index (Phi) is 5.40. The van der Waals surface area contributed by atoms with Crippen molar-refractivity contribution in [2.45, 2.75) is 19.4 Å². The molecule has 2 aromatic rings.